The summed E-state index contributed by atoms with van der Waals surface area (Å²) in [5.41, 5.74) is -0.261. The molecule has 0 atom stereocenters. The summed E-state index contributed by atoms with van der Waals surface area (Å²) in [5, 5.41) is 10.1. The first-order valence-corrected chi connectivity index (χ1v) is 8.51. The molecule has 0 radical (unpaired) electrons. The Morgan fingerprint density at radius 1 is 1.04 bits per heavy atom. The van der Waals surface area contributed by atoms with Crippen molar-refractivity contribution in [1.82, 2.24) is 14.5 Å². The van der Waals surface area contributed by atoms with Crippen LogP contribution in [-0.4, -0.2) is 31.2 Å². The van der Waals surface area contributed by atoms with Crippen LogP contribution in [-0.2, 0) is 4.79 Å². The van der Waals surface area contributed by atoms with Gasteiger partial charge < -0.3 is 5.11 Å². The molecule has 0 saturated heterocycles. The van der Waals surface area contributed by atoms with Crippen molar-refractivity contribution in [2.24, 2.45) is 0 Å². The topological polar surface area (TPSA) is 102 Å². The molecular weight excluding hydrogens is 346 g/mol. The highest BCUT2D eigenvalue weighted by molar-refractivity contribution is 6.26. The van der Waals surface area contributed by atoms with Crippen molar-refractivity contribution in [3.8, 4) is 5.69 Å². The number of carbonyl (C=O) groups excluding carboxylic acids is 2. The number of benzene rings is 1. The van der Waals surface area contributed by atoms with E-state index in [1.807, 2.05) is 0 Å². The van der Waals surface area contributed by atoms with E-state index in [1.54, 1.807) is 42.5 Å². The number of hydrogen-bond acceptors (Lipinski definition) is 6. The van der Waals surface area contributed by atoms with E-state index < -0.39 is 22.8 Å². The Balaban J connectivity index is 2.01. The van der Waals surface area contributed by atoms with Crippen LogP contribution >= 0.6 is 0 Å². The second-order valence-electron chi connectivity index (χ2n) is 6.21. The SMILES string of the molecule is O=C1CCCC(O)=C1C(=O)c1nc2cccnc2n(-c2ccccc2)c1=O. The van der Waals surface area contributed by atoms with E-state index in [0.717, 1.165) is 0 Å². The average molecular weight is 361 g/mol. The zero-order valence-corrected chi connectivity index (χ0v) is 14.3. The molecule has 27 heavy (non-hydrogen) atoms. The zero-order valence-electron chi connectivity index (χ0n) is 14.3. The Hall–Kier alpha value is -3.61. The molecule has 0 aliphatic heterocycles. The summed E-state index contributed by atoms with van der Waals surface area (Å²) in [5.74, 6) is -1.60. The van der Waals surface area contributed by atoms with Gasteiger partial charge in [0, 0.05) is 19.0 Å². The Morgan fingerprint density at radius 3 is 2.56 bits per heavy atom. The summed E-state index contributed by atoms with van der Waals surface area (Å²) >= 11 is 0. The molecule has 1 aliphatic rings. The van der Waals surface area contributed by atoms with Crippen molar-refractivity contribution in [3.63, 3.8) is 0 Å². The number of allylic oxidation sites excluding steroid dienone is 2. The fourth-order valence-corrected chi connectivity index (χ4v) is 3.19. The number of para-hydroxylation sites is 1. The first kappa shape index (κ1) is 16.8. The van der Waals surface area contributed by atoms with Gasteiger partial charge in [-0.2, -0.15) is 0 Å². The maximum Gasteiger partial charge on any atom is 0.286 e. The number of Topliss-reactive ketones (excluding diaryl/α,β-unsaturated/α-hetero) is 2. The number of aliphatic hydroxyl groups is 1. The minimum absolute atomic E-state index is 0.160. The van der Waals surface area contributed by atoms with Crippen LogP contribution in [0.4, 0.5) is 0 Å². The second-order valence-corrected chi connectivity index (χ2v) is 6.21. The van der Waals surface area contributed by atoms with Gasteiger partial charge in [0.25, 0.3) is 5.56 Å². The highest BCUT2D eigenvalue weighted by atomic mass is 16.3. The average Bonchev–Trinajstić information content (AvgIpc) is 2.68. The molecule has 0 bridgehead atoms. The van der Waals surface area contributed by atoms with Gasteiger partial charge in [0.05, 0.1) is 5.69 Å². The Bertz CT molecular complexity index is 1160. The molecular formula is C20H15N3O4. The lowest BCUT2D eigenvalue weighted by Gasteiger charge is -2.15. The third kappa shape index (κ3) is 2.83. The molecule has 0 amide bonds. The van der Waals surface area contributed by atoms with Gasteiger partial charge in [-0.25, -0.2) is 9.97 Å². The summed E-state index contributed by atoms with van der Waals surface area (Å²) in [6.07, 6.45) is 2.40. The maximum atomic E-state index is 13.1. The van der Waals surface area contributed by atoms with E-state index >= 15 is 0 Å². The summed E-state index contributed by atoms with van der Waals surface area (Å²) in [4.78, 5) is 46.6. The third-order valence-electron chi connectivity index (χ3n) is 4.46. The molecule has 7 heteroatoms. The molecule has 3 aromatic rings. The zero-order chi connectivity index (χ0) is 19.0. The molecule has 0 fully saturated rings. The van der Waals surface area contributed by atoms with Crippen LogP contribution in [0.15, 0.2) is 64.8 Å². The number of fused-ring (bicyclic) bond motifs is 1. The fourth-order valence-electron chi connectivity index (χ4n) is 3.19. The van der Waals surface area contributed by atoms with E-state index in [-0.39, 0.29) is 24.2 Å². The summed E-state index contributed by atoms with van der Waals surface area (Å²) in [6.45, 7) is 0. The molecule has 7 nitrogen and oxygen atoms in total. The lowest BCUT2D eigenvalue weighted by atomic mass is 9.92. The predicted molar refractivity (Wildman–Crippen MR) is 98.0 cm³/mol. The number of aromatic nitrogens is 3. The first-order valence-electron chi connectivity index (χ1n) is 8.51. The molecule has 4 rings (SSSR count). The van der Waals surface area contributed by atoms with Crippen LogP contribution in [0, 0.1) is 0 Å². The third-order valence-corrected chi connectivity index (χ3v) is 4.46. The Labute approximate surface area is 153 Å². The predicted octanol–water partition coefficient (Wildman–Crippen LogP) is 2.53. The van der Waals surface area contributed by atoms with Crippen molar-refractivity contribution in [2.75, 3.05) is 0 Å². The summed E-state index contributed by atoms with van der Waals surface area (Å²) in [7, 11) is 0. The van der Waals surface area contributed by atoms with Crippen molar-refractivity contribution in [1.29, 1.82) is 0 Å². The van der Waals surface area contributed by atoms with Gasteiger partial charge in [0.2, 0.25) is 5.78 Å². The van der Waals surface area contributed by atoms with Crippen LogP contribution in [0.1, 0.15) is 29.8 Å². The van der Waals surface area contributed by atoms with Crippen LogP contribution in [0.25, 0.3) is 16.9 Å². The smallest absolute Gasteiger partial charge is 0.286 e. The van der Waals surface area contributed by atoms with Gasteiger partial charge in [-0.05, 0) is 30.7 Å². The lowest BCUT2D eigenvalue weighted by Crippen LogP contribution is -2.31. The van der Waals surface area contributed by atoms with E-state index in [4.69, 9.17) is 0 Å². The van der Waals surface area contributed by atoms with Crippen molar-refractivity contribution in [3.05, 3.63) is 76.0 Å². The molecule has 1 aliphatic carbocycles. The van der Waals surface area contributed by atoms with Crippen molar-refractivity contribution >= 4 is 22.7 Å². The molecule has 0 spiro atoms. The quantitative estimate of drug-likeness (QED) is 0.568. The lowest BCUT2D eigenvalue weighted by molar-refractivity contribution is -0.116. The van der Waals surface area contributed by atoms with E-state index in [0.29, 0.717) is 23.3 Å². The van der Waals surface area contributed by atoms with Gasteiger partial charge in [0.15, 0.2) is 17.1 Å². The summed E-state index contributed by atoms with van der Waals surface area (Å²) in [6, 6.07) is 12.0. The van der Waals surface area contributed by atoms with Gasteiger partial charge in [-0.3, -0.25) is 19.0 Å². The Kier molecular flexibility index (Phi) is 4.12. The minimum Gasteiger partial charge on any atom is -0.511 e. The number of nitrogens with zero attached hydrogens (tertiary/aromatic N) is 3. The number of rotatable bonds is 3. The molecule has 1 aromatic carbocycles. The molecule has 2 aromatic heterocycles. The molecule has 2 heterocycles. The Morgan fingerprint density at radius 2 is 1.81 bits per heavy atom. The first-order chi connectivity index (χ1) is 13.1. The highest BCUT2D eigenvalue weighted by Gasteiger charge is 2.31. The maximum absolute atomic E-state index is 13.1. The standard InChI is InChI=1S/C20H15N3O4/c24-14-9-4-10-15(25)16(14)18(26)17-20(27)23(12-6-2-1-3-7-12)19-13(22-17)8-5-11-21-19/h1-3,5-8,11,24H,4,9-10H2. The highest BCUT2D eigenvalue weighted by Crippen LogP contribution is 2.23. The minimum atomic E-state index is -0.849. The normalized spacial score (nSPS) is 14.6. The van der Waals surface area contributed by atoms with Gasteiger partial charge in [-0.15, -0.1) is 0 Å². The largest absolute Gasteiger partial charge is 0.511 e. The monoisotopic (exact) mass is 361 g/mol. The number of pyridine rings is 1. The van der Waals surface area contributed by atoms with Gasteiger partial charge in [0.1, 0.15) is 16.8 Å². The number of ketones is 2. The molecule has 134 valence electrons. The molecule has 0 saturated carbocycles. The van der Waals surface area contributed by atoms with E-state index in [2.05, 4.69) is 9.97 Å². The van der Waals surface area contributed by atoms with Crippen LogP contribution in [0.5, 0.6) is 0 Å². The van der Waals surface area contributed by atoms with Crippen LogP contribution in [0.3, 0.4) is 0 Å². The number of aliphatic hydroxyl groups excluding tert-OH is 1. The van der Waals surface area contributed by atoms with Crippen LogP contribution < -0.4 is 5.56 Å². The van der Waals surface area contributed by atoms with Crippen molar-refractivity contribution < 1.29 is 14.7 Å². The number of hydrogen-bond donors (Lipinski definition) is 1. The molecule has 0 unspecified atom stereocenters. The van der Waals surface area contributed by atoms with Gasteiger partial charge in [-0.1, -0.05) is 18.2 Å². The van der Waals surface area contributed by atoms with Crippen LogP contribution in [0.2, 0.25) is 0 Å². The van der Waals surface area contributed by atoms with Crippen molar-refractivity contribution in [2.45, 2.75) is 19.3 Å². The molecule has 1 N–H and O–H groups in total. The van der Waals surface area contributed by atoms with E-state index in [9.17, 15) is 19.5 Å². The van der Waals surface area contributed by atoms with E-state index in [1.165, 1.54) is 10.8 Å². The number of carbonyl (C=O) groups is 2. The fraction of sp³-hybridized carbons (Fsp3) is 0.150. The van der Waals surface area contributed by atoms with Gasteiger partial charge >= 0.3 is 0 Å². The summed E-state index contributed by atoms with van der Waals surface area (Å²) < 4.78 is 1.29. The second kappa shape index (κ2) is 6.60.